The normalized spacial score (nSPS) is 39.7. The predicted molar refractivity (Wildman–Crippen MR) is 123 cm³/mol. The van der Waals surface area contributed by atoms with Gasteiger partial charge in [-0.1, -0.05) is 37.6 Å². The summed E-state index contributed by atoms with van der Waals surface area (Å²) in [4.78, 5) is 38.5. The molecule has 176 valence electrons. The summed E-state index contributed by atoms with van der Waals surface area (Å²) in [6.45, 7) is 3.83. The molecule has 3 fully saturated rings. The number of fused-ring (bicyclic) bond motifs is 5. The molecule has 0 saturated heterocycles. The van der Waals surface area contributed by atoms with E-state index in [1.54, 1.807) is 24.3 Å². The molecule has 33 heavy (non-hydrogen) atoms. The Balaban J connectivity index is 1.49. The second-order valence-corrected chi connectivity index (χ2v) is 11.1. The van der Waals surface area contributed by atoms with Crippen LogP contribution in [0.1, 0.15) is 75.6 Å². The van der Waals surface area contributed by atoms with Crippen LogP contribution in [0.2, 0.25) is 0 Å². The molecule has 0 aromatic heterocycles. The average Bonchev–Trinajstić information content (AvgIpc) is 3.12. The number of carbonyl (C=O) groups excluding carboxylic acids is 3. The van der Waals surface area contributed by atoms with Crippen LogP contribution in [0.4, 0.5) is 0 Å². The third-order valence-corrected chi connectivity index (χ3v) is 9.95. The number of ketones is 2. The maximum Gasteiger partial charge on any atom is 0.339 e. The Bertz CT molecular complexity index is 1010. The molecule has 0 aliphatic heterocycles. The predicted octanol–water partition coefficient (Wildman–Crippen LogP) is 4.68. The third kappa shape index (κ3) is 3.18. The average molecular weight is 451 g/mol. The number of aliphatic hydroxyl groups is 1. The molecule has 5 rings (SSSR count). The van der Waals surface area contributed by atoms with E-state index in [0.29, 0.717) is 30.2 Å². The second kappa shape index (κ2) is 7.90. The van der Waals surface area contributed by atoms with E-state index in [4.69, 9.17) is 4.74 Å². The molecular weight excluding hydrogens is 416 g/mol. The Hall–Kier alpha value is -2.27. The highest BCUT2D eigenvalue weighted by Crippen LogP contribution is 2.68. The van der Waals surface area contributed by atoms with Crippen molar-refractivity contribution in [2.24, 2.45) is 28.6 Å². The summed E-state index contributed by atoms with van der Waals surface area (Å²) >= 11 is 0. The highest BCUT2D eigenvalue weighted by Gasteiger charge is 2.68. The van der Waals surface area contributed by atoms with Gasteiger partial charge in [-0.3, -0.25) is 9.59 Å². The number of esters is 1. The summed E-state index contributed by atoms with van der Waals surface area (Å²) in [6, 6.07) is 8.80. The lowest BCUT2D eigenvalue weighted by Crippen LogP contribution is -2.59. The number of rotatable bonds is 4. The zero-order chi connectivity index (χ0) is 23.4. The Morgan fingerprint density at radius 3 is 2.45 bits per heavy atom. The lowest BCUT2D eigenvalue weighted by molar-refractivity contribution is -0.166. The van der Waals surface area contributed by atoms with Crippen LogP contribution in [0.15, 0.2) is 42.0 Å². The second-order valence-electron chi connectivity index (χ2n) is 11.1. The topological polar surface area (TPSA) is 80.7 Å². The molecule has 5 nitrogen and oxygen atoms in total. The highest BCUT2D eigenvalue weighted by atomic mass is 16.6. The van der Waals surface area contributed by atoms with E-state index in [9.17, 15) is 19.5 Å². The number of Topliss-reactive ketones (excluding diaryl/α,β-unsaturated/α-hetero) is 1. The fraction of sp³-hybridized carbons (Fsp3) is 0.607. The fourth-order valence-corrected chi connectivity index (χ4v) is 8.16. The molecule has 1 N–H and O–H groups in total. The van der Waals surface area contributed by atoms with Crippen molar-refractivity contribution in [1.29, 1.82) is 0 Å². The SMILES string of the molecule is CC12CC[C@H]3[C@@H](CCC4=CC(=O)CC[C@@]43C)[C@@H]1CC[C@]2(OC(=O)c1ccccc1)C(=O)CO. The Morgan fingerprint density at radius 2 is 1.73 bits per heavy atom. The molecular formula is C28H34O5. The lowest BCUT2D eigenvalue weighted by atomic mass is 9.46. The maximum absolute atomic E-state index is 13.3. The first-order chi connectivity index (χ1) is 15.7. The van der Waals surface area contributed by atoms with Gasteiger partial charge in [0.2, 0.25) is 5.78 Å². The van der Waals surface area contributed by atoms with Crippen molar-refractivity contribution in [3.8, 4) is 0 Å². The molecule has 1 unspecified atom stereocenters. The number of carbonyl (C=O) groups is 3. The van der Waals surface area contributed by atoms with Crippen molar-refractivity contribution < 1.29 is 24.2 Å². The maximum atomic E-state index is 13.3. The summed E-state index contributed by atoms with van der Waals surface area (Å²) < 4.78 is 6.13. The monoisotopic (exact) mass is 450 g/mol. The molecule has 3 saturated carbocycles. The fourth-order valence-electron chi connectivity index (χ4n) is 8.16. The van der Waals surface area contributed by atoms with E-state index >= 15 is 0 Å². The van der Waals surface area contributed by atoms with E-state index < -0.39 is 23.6 Å². The first-order valence-electron chi connectivity index (χ1n) is 12.4. The van der Waals surface area contributed by atoms with Gasteiger partial charge in [0.1, 0.15) is 6.61 Å². The highest BCUT2D eigenvalue weighted by molar-refractivity contribution is 5.96. The smallest absolute Gasteiger partial charge is 0.339 e. The lowest BCUT2D eigenvalue weighted by Gasteiger charge is -2.59. The molecule has 0 spiro atoms. The van der Waals surface area contributed by atoms with E-state index in [-0.39, 0.29) is 22.9 Å². The standard InChI is InChI=1S/C28H34O5/c1-26-13-10-20(30)16-19(26)8-9-21-22(26)11-14-27(2)23(21)12-15-28(27,24(31)17-29)33-25(32)18-6-4-3-5-7-18/h3-7,16,21-23,29H,8-15,17H2,1-2H3/t21-,22+,23+,26+,27?,28+/m1/s1. The molecule has 0 heterocycles. The molecule has 1 aromatic rings. The number of allylic oxidation sites excluding steroid dienone is 1. The minimum Gasteiger partial charge on any atom is -0.447 e. The molecule has 4 aliphatic rings. The number of ether oxygens (including phenoxy) is 1. The van der Waals surface area contributed by atoms with E-state index in [1.165, 1.54) is 5.57 Å². The van der Waals surface area contributed by atoms with Gasteiger partial charge in [-0.05, 0) is 86.3 Å². The Labute approximate surface area is 195 Å². The summed E-state index contributed by atoms with van der Waals surface area (Å²) in [5, 5.41) is 9.92. The van der Waals surface area contributed by atoms with Crippen LogP contribution in [-0.2, 0) is 14.3 Å². The summed E-state index contributed by atoms with van der Waals surface area (Å²) in [5.74, 6) is 0.555. The van der Waals surface area contributed by atoms with Crippen molar-refractivity contribution in [1.82, 2.24) is 0 Å². The van der Waals surface area contributed by atoms with Crippen molar-refractivity contribution in [3.63, 3.8) is 0 Å². The van der Waals surface area contributed by atoms with E-state index in [2.05, 4.69) is 13.8 Å². The van der Waals surface area contributed by atoms with Crippen LogP contribution in [0.5, 0.6) is 0 Å². The summed E-state index contributed by atoms with van der Waals surface area (Å²) in [5.41, 5.74) is 0.000107. The van der Waals surface area contributed by atoms with Gasteiger partial charge >= 0.3 is 5.97 Å². The van der Waals surface area contributed by atoms with E-state index in [1.807, 2.05) is 12.1 Å². The van der Waals surface area contributed by atoms with Crippen molar-refractivity contribution in [3.05, 3.63) is 47.5 Å². The quantitative estimate of drug-likeness (QED) is 0.674. The zero-order valence-corrected chi connectivity index (χ0v) is 19.6. The molecule has 5 heteroatoms. The number of benzene rings is 1. The van der Waals surface area contributed by atoms with Gasteiger partial charge in [-0.25, -0.2) is 4.79 Å². The first kappa shape index (κ1) is 22.5. The number of hydrogen-bond acceptors (Lipinski definition) is 5. The van der Waals surface area contributed by atoms with Gasteiger partial charge in [-0.15, -0.1) is 0 Å². The van der Waals surface area contributed by atoms with Crippen LogP contribution in [-0.4, -0.2) is 34.9 Å². The molecule has 0 amide bonds. The third-order valence-electron chi connectivity index (χ3n) is 9.95. The minimum absolute atomic E-state index is 0.0467. The summed E-state index contributed by atoms with van der Waals surface area (Å²) in [7, 11) is 0. The molecule has 6 atom stereocenters. The minimum atomic E-state index is -1.29. The number of hydrogen-bond donors (Lipinski definition) is 1. The first-order valence-corrected chi connectivity index (χ1v) is 12.4. The van der Waals surface area contributed by atoms with Gasteiger partial charge in [0.05, 0.1) is 5.56 Å². The van der Waals surface area contributed by atoms with Gasteiger partial charge in [-0.2, -0.15) is 0 Å². The van der Waals surface area contributed by atoms with Crippen LogP contribution in [0.25, 0.3) is 0 Å². The van der Waals surface area contributed by atoms with Crippen LogP contribution in [0, 0.1) is 28.6 Å². The van der Waals surface area contributed by atoms with Gasteiger partial charge in [0, 0.05) is 11.8 Å². The van der Waals surface area contributed by atoms with Crippen molar-refractivity contribution >= 4 is 17.5 Å². The van der Waals surface area contributed by atoms with Gasteiger partial charge in [0.15, 0.2) is 11.4 Å². The van der Waals surface area contributed by atoms with Crippen LogP contribution < -0.4 is 0 Å². The van der Waals surface area contributed by atoms with E-state index in [0.717, 1.165) is 38.5 Å². The zero-order valence-electron chi connectivity index (χ0n) is 19.6. The Morgan fingerprint density at radius 1 is 1.00 bits per heavy atom. The summed E-state index contributed by atoms with van der Waals surface area (Å²) in [6.07, 6.45) is 8.39. The van der Waals surface area contributed by atoms with Crippen molar-refractivity contribution in [2.75, 3.05) is 6.61 Å². The van der Waals surface area contributed by atoms with Crippen LogP contribution >= 0.6 is 0 Å². The largest absolute Gasteiger partial charge is 0.447 e. The molecule has 1 aromatic carbocycles. The molecule has 0 radical (unpaired) electrons. The number of aliphatic hydroxyl groups excluding tert-OH is 1. The van der Waals surface area contributed by atoms with Crippen molar-refractivity contribution in [2.45, 2.75) is 70.8 Å². The van der Waals surface area contributed by atoms with Gasteiger partial charge < -0.3 is 9.84 Å². The molecule has 0 bridgehead atoms. The molecule has 4 aliphatic carbocycles. The Kier molecular flexibility index (Phi) is 5.39. The van der Waals surface area contributed by atoms with Crippen LogP contribution in [0.3, 0.4) is 0 Å². The van der Waals surface area contributed by atoms with Gasteiger partial charge in [0.25, 0.3) is 0 Å².